The molecule has 2 atom stereocenters. The van der Waals surface area contributed by atoms with Crippen molar-refractivity contribution in [1.82, 2.24) is 4.98 Å². The number of aromatic carboxylic acids is 1. The Labute approximate surface area is 126 Å². The van der Waals surface area contributed by atoms with Gasteiger partial charge in [0, 0.05) is 18.3 Å². The minimum absolute atomic E-state index is 0.395. The van der Waals surface area contributed by atoms with Crippen LogP contribution in [0.5, 0.6) is 0 Å². The molecule has 2 aliphatic rings. The van der Waals surface area contributed by atoms with E-state index in [4.69, 9.17) is 0 Å². The van der Waals surface area contributed by atoms with Crippen molar-refractivity contribution >= 4 is 11.8 Å². The average Bonchev–Trinajstić information content (AvgIpc) is 2.45. The molecule has 1 aromatic heterocycles. The summed E-state index contributed by atoms with van der Waals surface area (Å²) >= 11 is 0. The molecule has 0 spiro atoms. The molecule has 0 bridgehead atoms. The number of pyridine rings is 1. The number of rotatable bonds is 2. The van der Waals surface area contributed by atoms with E-state index in [0.717, 1.165) is 30.1 Å². The van der Waals surface area contributed by atoms with E-state index in [1.165, 1.54) is 32.1 Å². The zero-order valence-electron chi connectivity index (χ0n) is 12.9. The summed E-state index contributed by atoms with van der Waals surface area (Å²) in [6.07, 6.45) is 7.47. The van der Waals surface area contributed by atoms with Gasteiger partial charge in [0.1, 0.15) is 11.4 Å². The van der Waals surface area contributed by atoms with Crippen LogP contribution in [0.4, 0.5) is 5.82 Å². The molecule has 4 heteroatoms. The predicted molar refractivity (Wildman–Crippen MR) is 83.0 cm³/mol. The molecule has 21 heavy (non-hydrogen) atoms. The summed E-state index contributed by atoms with van der Waals surface area (Å²) in [6, 6.07) is 2.36. The van der Waals surface area contributed by atoms with Gasteiger partial charge >= 0.3 is 5.97 Å². The van der Waals surface area contributed by atoms with Crippen molar-refractivity contribution in [2.24, 2.45) is 5.92 Å². The Balaban J connectivity index is 2.04. The SMILES string of the molecule is Cc1cc(C)c(C(=O)O)c(N2CCCC3CCCCC32)n1. The third kappa shape index (κ3) is 2.63. The van der Waals surface area contributed by atoms with Crippen molar-refractivity contribution in [3.05, 3.63) is 22.9 Å². The van der Waals surface area contributed by atoms with E-state index in [1.54, 1.807) is 0 Å². The highest BCUT2D eigenvalue weighted by molar-refractivity contribution is 5.95. The first-order chi connectivity index (χ1) is 10.1. The first kappa shape index (κ1) is 14.4. The van der Waals surface area contributed by atoms with Gasteiger partial charge in [-0.25, -0.2) is 9.78 Å². The topological polar surface area (TPSA) is 53.4 Å². The highest BCUT2D eigenvalue weighted by Crippen LogP contribution is 2.38. The summed E-state index contributed by atoms with van der Waals surface area (Å²) in [4.78, 5) is 18.6. The Hall–Kier alpha value is -1.58. The van der Waals surface area contributed by atoms with E-state index in [2.05, 4.69) is 9.88 Å². The molecule has 3 rings (SSSR count). The van der Waals surface area contributed by atoms with Gasteiger partial charge in [-0.15, -0.1) is 0 Å². The van der Waals surface area contributed by atoms with Crippen LogP contribution < -0.4 is 4.90 Å². The molecule has 1 aliphatic carbocycles. The number of fused-ring (bicyclic) bond motifs is 1. The molecule has 1 N–H and O–H groups in total. The summed E-state index contributed by atoms with van der Waals surface area (Å²) in [5.41, 5.74) is 2.13. The van der Waals surface area contributed by atoms with Gasteiger partial charge < -0.3 is 10.0 Å². The quantitative estimate of drug-likeness (QED) is 0.904. The maximum atomic E-state index is 11.7. The molecule has 114 valence electrons. The largest absolute Gasteiger partial charge is 0.478 e. The number of aromatic nitrogens is 1. The number of hydrogen-bond donors (Lipinski definition) is 1. The van der Waals surface area contributed by atoms with Crippen LogP contribution in [0.2, 0.25) is 0 Å². The van der Waals surface area contributed by atoms with Gasteiger partial charge in [-0.2, -0.15) is 0 Å². The van der Waals surface area contributed by atoms with E-state index in [1.807, 2.05) is 19.9 Å². The second kappa shape index (κ2) is 5.66. The zero-order valence-corrected chi connectivity index (χ0v) is 12.9. The zero-order chi connectivity index (χ0) is 15.0. The maximum Gasteiger partial charge on any atom is 0.339 e. The van der Waals surface area contributed by atoms with Crippen LogP contribution in [-0.4, -0.2) is 28.6 Å². The molecule has 0 aromatic carbocycles. The highest BCUT2D eigenvalue weighted by atomic mass is 16.4. The first-order valence-corrected chi connectivity index (χ1v) is 8.06. The van der Waals surface area contributed by atoms with Gasteiger partial charge in [-0.1, -0.05) is 12.8 Å². The Morgan fingerprint density at radius 3 is 2.71 bits per heavy atom. The lowest BCUT2D eigenvalue weighted by Gasteiger charge is -2.45. The molecule has 2 unspecified atom stereocenters. The van der Waals surface area contributed by atoms with E-state index in [0.29, 0.717) is 17.4 Å². The first-order valence-electron chi connectivity index (χ1n) is 8.06. The second-order valence-corrected chi connectivity index (χ2v) is 6.53. The van der Waals surface area contributed by atoms with Crippen LogP contribution in [0.15, 0.2) is 6.07 Å². The van der Waals surface area contributed by atoms with Crippen LogP contribution in [0.3, 0.4) is 0 Å². The summed E-state index contributed by atoms with van der Waals surface area (Å²) in [5.74, 6) is 0.571. The summed E-state index contributed by atoms with van der Waals surface area (Å²) < 4.78 is 0. The monoisotopic (exact) mass is 288 g/mol. The number of carbonyl (C=O) groups is 1. The number of anilines is 1. The third-order valence-corrected chi connectivity index (χ3v) is 5.05. The number of carboxylic acid groups (broad SMARTS) is 1. The summed E-state index contributed by atoms with van der Waals surface area (Å²) in [6.45, 7) is 4.77. The van der Waals surface area contributed by atoms with Crippen LogP contribution in [0.25, 0.3) is 0 Å². The minimum Gasteiger partial charge on any atom is -0.478 e. The van der Waals surface area contributed by atoms with E-state index < -0.39 is 5.97 Å². The van der Waals surface area contributed by atoms with Crippen molar-refractivity contribution in [1.29, 1.82) is 0 Å². The number of piperidine rings is 1. The molecular formula is C17H24N2O2. The lowest BCUT2D eigenvalue weighted by Crippen LogP contribution is -2.48. The fourth-order valence-electron chi connectivity index (χ4n) is 4.18. The van der Waals surface area contributed by atoms with Crippen molar-refractivity contribution in [2.45, 2.75) is 58.4 Å². The summed E-state index contributed by atoms with van der Waals surface area (Å²) in [5, 5.41) is 9.60. The maximum absolute atomic E-state index is 11.7. The number of aryl methyl sites for hydroxylation is 2. The highest BCUT2D eigenvalue weighted by Gasteiger charge is 2.35. The third-order valence-electron chi connectivity index (χ3n) is 5.05. The standard InChI is InChI=1S/C17H24N2O2/c1-11-10-12(2)18-16(15(11)17(20)21)19-9-5-7-13-6-3-4-8-14(13)19/h10,13-14H,3-9H2,1-2H3,(H,20,21). The van der Waals surface area contributed by atoms with Crippen LogP contribution >= 0.6 is 0 Å². The lowest BCUT2D eigenvalue weighted by molar-refractivity contribution is 0.0696. The van der Waals surface area contributed by atoms with Gasteiger partial charge in [0.05, 0.1) is 0 Å². The second-order valence-electron chi connectivity index (χ2n) is 6.53. The Morgan fingerprint density at radius 2 is 1.95 bits per heavy atom. The molecule has 1 saturated heterocycles. The normalized spacial score (nSPS) is 25.5. The molecule has 0 amide bonds. The van der Waals surface area contributed by atoms with Gasteiger partial charge in [-0.3, -0.25) is 0 Å². The van der Waals surface area contributed by atoms with Crippen LogP contribution in [0, 0.1) is 19.8 Å². The van der Waals surface area contributed by atoms with Gasteiger partial charge in [0.2, 0.25) is 0 Å². The molecular weight excluding hydrogens is 264 g/mol. The van der Waals surface area contributed by atoms with E-state index in [-0.39, 0.29) is 0 Å². The van der Waals surface area contributed by atoms with Gasteiger partial charge in [0.25, 0.3) is 0 Å². The molecule has 0 radical (unpaired) electrons. The van der Waals surface area contributed by atoms with Crippen LogP contribution in [0.1, 0.15) is 60.1 Å². The van der Waals surface area contributed by atoms with Crippen molar-refractivity contribution < 1.29 is 9.90 Å². The molecule has 1 saturated carbocycles. The van der Waals surface area contributed by atoms with Crippen LogP contribution in [-0.2, 0) is 0 Å². The van der Waals surface area contributed by atoms with E-state index in [9.17, 15) is 9.90 Å². The molecule has 1 aromatic rings. The minimum atomic E-state index is -0.854. The molecule has 2 fully saturated rings. The lowest BCUT2D eigenvalue weighted by atomic mass is 9.78. The summed E-state index contributed by atoms with van der Waals surface area (Å²) in [7, 11) is 0. The fraction of sp³-hybridized carbons (Fsp3) is 0.647. The van der Waals surface area contributed by atoms with Gasteiger partial charge in [-0.05, 0) is 57.1 Å². The van der Waals surface area contributed by atoms with Crippen molar-refractivity contribution in [3.8, 4) is 0 Å². The predicted octanol–water partition coefficient (Wildman–Crippen LogP) is 3.56. The Bertz CT molecular complexity index is 554. The van der Waals surface area contributed by atoms with Crippen molar-refractivity contribution in [2.75, 3.05) is 11.4 Å². The molecule has 1 aliphatic heterocycles. The Morgan fingerprint density at radius 1 is 1.24 bits per heavy atom. The fourth-order valence-corrected chi connectivity index (χ4v) is 4.18. The molecule has 2 heterocycles. The Kier molecular flexibility index (Phi) is 3.87. The smallest absolute Gasteiger partial charge is 0.339 e. The molecule has 4 nitrogen and oxygen atoms in total. The average molecular weight is 288 g/mol. The number of carboxylic acids is 1. The van der Waals surface area contributed by atoms with Gasteiger partial charge in [0.15, 0.2) is 0 Å². The van der Waals surface area contributed by atoms with E-state index >= 15 is 0 Å². The number of nitrogens with zero attached hydrogens (tertiary/aromatic N) is 2. The van der Waals surface area contributed by atoms with Crippen molar-refractivity contribution in [3.63, 3.8) is 0 Å². The number of hydrogen-bond acceptors (Lipinski definition) is 3.